The lowest BCUT2D eigenvalue weighted by molar-refractivity contribution is 0.145. The molecule has 2 aromatic rings. The standard InChI is InChI=1S/C10H5Cl2F3N2/c11-5-2-1-3-6(13)9(5)17-8(12)4-7(16-17)10(14)15/h1-4,10H. The van der Waals surface area contributed by atoms with Gasteiger partial charge in [0.2, 0.25) is 0 Å². The van der Waals surface area contributed by atoms with E-state index in [1.165, 1.54) is 12.1 Å². The Kier molecular flexibility index (Phi) is 3.31. The topological polar surface area (TPSA) is 17.8 Å². The maximum Gasteiger partial charge on any atom is 0.282 e. The third-order valence-electron chi connectivity index (χ3n) is 2.06. The van der Waals surface area contributed by atoms with E-state index in [-0.39, 0.29) is 15.9 Å². The van der Waals surface area contributed by atoms with E-state index in [0.29, 0.717) is 0 Å². The van der Waals surface area contributed by atoms with Crippen LogP contribution < -0.4 is 0 Å². The van der Waals surface area contributed by atoms with Crippen LogP contribution in [0, 0.1) is 5.82 Å². The number of rotatable bonds is 2. The van der Waals surface area contributed by atoms with Crippen molar-refractivity contribution in [2.75, 3.05) is 0 Å². The van der Waals surface area contributed by atoms with Gasteiger partial charge in [0.05, 0.1) is 5.02 Å². The van der Waals surface area contributed by atoms with E-state index in [4.69, 9.17) is 23.2 Å². The number of alkyl halides is 2. The lowest BCUT2D eigenvalue weighted by atomic mass is 10.3. The molecule has 0 bridgehead atoms. The first-order valence-electron chi connectivity index (χ1n) is 4.48. The largest absolute Gasteiger partial charge is 0.282 e. The Morgan fingerprint density at radius 3 is 2.47 bits per heavy atom. The highest BCUT2D eigenvalue weighted by molar-refractivity contribution is 6.33. The van der Waals surface area contributed by atoms with Crippen LogP contribution in [0.1, 0.15) is 12.1 Å². The smallest absolute Gasteiger partial charge is 0.217 e. The number of benzene rings is 1. The van der Waals surface area contributed by atoms with Crippen LogP contribution >= 0.6 is 23.2 Å². The zero-order valence-electron chi connectivity index (χ0n) is 8.17. The molecule has 0 radical (unpaired) electrons. The van der Waals surface area contributed by atoms with Crippen molar-refractivity contribution in [1.29, 1.82) is 0 Å². The number of para-hydroxylation sites is 1. The predicted octanol–water partition coefficient (Wildman–Crippen LogP) is 4.26. The summed E-state index contributed by atoms with van der Waals surface area (Å²) in [5.74, 6) is -0.691. The summed E-state index contributed by atoms with van der Waals surface area (Å²) in [6, 6.07) is 4.92. The fourth-order valence-electron chi connectivity index (χ4n) is 1.33. The lowest BCUT2D eigenvalue weighted by Gasteiger charge is -2.06. The first kappa shape index (κ1) is 12.3. The molecule has 0 atom stereocenters. The summed E-state index contributed by atoms with van der Waals surface area (Å²) in [4.78, 5) is 0. The van der Waals surface area contributed by atoms with Crippen molar-refractivity contribution >= 4 is 23.2 Å². The molecule has 90 valence electrons. The average molecular weight is 281 g/mol. The van der Waals surface area contributed by atoms with E-state index in [1.807, 2.05) is 0 Å². The number of hydrogen-bond acceptors (Lipinski definition) is 1. The zero-order valence-corrected chi connectivity index (χ0v) is 9.68. The minimum atomic E-state index is -2.78. The third kappa shape index (κ3) is 2.25. The second-order valence-electron chi connectivity index (χ2n) is 3.17. The molecule has 0 unspecified atom stereocenters. The van der Waals surface area contributed by atoms with Gasteiger partial charge in [-0.25, -0.2) is 17.9 Å². The first-order chi connectivity index (χ1) is 8.00. The van der Waals surface area contributed by atoms with Gasteiger partial charge in [-0.2, -0.15) is 5.10 Å². The highest BCUT2D eigenvalue weighted by Gasteiger charge is 2.18. The van der Waals surface area contributed by atoms with Crippen molar-refractivity contribution in [1.82, 2.24) is 9.78 Å². The maximum atomic E-state index is 13.5. The molecule has 17 heavy (non-hydrogen) atoms. The molecule has 0 saturated carbocycles. The second-order valence-corrected chi connectivity index (χ2v) is 3.97. The summed E-state index contributed by atoms with van der Waals surface area (Å²) in [5, 5.41) is 3.42. The van der Waals surface area contributed by atoms with Crippen molar-refractivity contribution in [2.45, 2.75) is 6.43 Å². The van der Waals surface area contributed by atoms with Crippen LogP contribution in [0.2, 0.25) is 10.2 Å². The minimum Gasteiger partial charge on any atom is -0.217 e. The van der Waals surface area contributed by atoms with Crippen LogP contribution in [0.4, 0.5) is 13.2 Å². The molecule has 0 N–H and O–H groups in total. The van der Waals surface area contributed by atoms with Crippen molar-refractivity contribution in [2.24, 2.45) is 0 Å². The molecule has 0 saturated heterocycles. The number of hydrogen-bond donors (Lipinski definition) is 0. The molecule has 2 rings (SSSR count). The summed E-state index contributed by atoms with van der Waals surface area (Å²) in [6.45, 7) is 0. The molecule has 0 aliphatic heterocycles. The summed E-state index contributed by atoms with van der Waals surface area (Å²) in [7, 11) is 0. The summed E-state index contributed by atoms with van der Waals surface area (Å²) in [6.07, 6.45) is -2.78. The van der Waals surface area contributed by atoms with Gasteiger partial charge in [0.15, 0.2) is 0 Å². The first-order valence-corrected chi connectivity index (χ1v) is 5.24. The van der Waals surface area contributed by atoms with E-state index in [1.54, 1.807) is 0 Å². The molecule has 2 nitrogen and oxygen atoms in total. The van der Waals surface area contributed by atoms with Crippen LogP contribution in [0.25, 0.3) is 5.69 Å². The Morgan fingerprint density at radius 2 is 1.94 bits per heavy atom. The van der Waals surface area contributed by atoms with Crippen molar-refractivity contribution in [3.05, 3.63) is 46.0 Å². The molecule has 0 amide bonds. The van der Waals surface area contributed by atoms with Gasteiger partial charge >= 0.3 is 0 Å². The molecular formula is C10H5Cl2F3N2. The molecule has 1 aromatic heterocycles. The fourth-order valence-corrected chi connectivity index (χ4v) is 1.81. The number of aromatic nitrogens is 2. The van der Waals surface area contributed by atoms with Crippen molar-refractivity contribution < 1.29 is 13.2 Å². The van der Waals surface area contributed by atoms with Crippen molar-refractivity contribution in [3.63, 3.8) is 0 Å². The van der Waals surface area contributed by atoms with E-state index in [2.05, 4.69) is 5.10 Å². The summed E-state index contributed by atoms with van der Waals surface area (Å²) in [5.41, 5.74) is -0.680. The second kappa shape index (κ2) is 4.58. The molecule has 1 heterocycles. The van der Waals surface area contributed by atoms with E-state index < -0.39 is 17.9 Å². The van der Waals surface area contributed by atoms with Gasteiger partial charge in [-0.1, -0.05) is 29.3 Å². The highest BCUT2D eigenvalue weighted by Crippen LogP contribution is 2.29. The Bertz CT molecular complexity index is 534. The molecule has 0 aliphatic rings. The molecule has 0 spiro atoms. The number of halogens is 5. The van der Waals surface area contributed by atoms with Crippen LogP contribution in [0.15, 0.2) is 24.3 Å². The van der Waals surface area contributed by atoms with Gasteiger partial charge < -0.3 is 0 Å². The Morgan fingerprint density at radius 1 is 1.24 bits per heavy atom. The lowest BCUT2D eigenvalue weighted by Crippen LogP contribution is -2.01. The van der Waals surface area contributed by atoms with Gasteiger partial charge in [-0.3, -0.25) is 0 Å². The molecule has 0 aliphatic carbocycles. The van der Waals surface area contributed by atoms with Crippen LogP contribution in [-0.4, -0.2) is 9.78 Å². The van der Waals surface area contributed by atoms with Crippen LogP contribution in [0.5, 0.6) is 0 Å². The highest BCUT2D eigenvalue weighted by atomic mass is 35.5. The quantitative estimate of drug-likeness (QED) is 0.804. The maximum absolute atomic E-state index is 13.5. The van der Waals surface area contributed by atoms with Gasteiger partial charge in [0.1, 0.15) is 22.4 Å². The number of nitrogens with zero attached hydrogens (tertiary/aromatic N) is 2. The Labute approximate surface area is 105 Å². The minimum absolute atomic E-state index is 0.0378. The van der Waals surface area contributed by atoms with Crippen LogP contribution in [0.3, 0.4) is 0 Å². The molecule has 1 aromatic carbocycles. The van der Waals surface area contributed by atoms with E-state index in [0.717, 1.165) is 16.8 Å². The third-order valence-corrected chi connectivity index (χ3v) is 2.63. The summed E-state index contributed by atoms with van der Waals surface area (Å²) < 4.78 is 39.2. The predicted molar refractivity (Wildman–Crippen MR) is 58.5 cm³/mol. The van der Waals surface area contributed by atoms with Gasteiger partial charge in [0.25, 0.3) is 6.43 Å². The monoisotopic (exact) mass is 280 g/mol. The fraction of sp³-hybridized carbons (Fsp3) is 0.100. The average Bonchev–Trinajstić information content (AvgIpc) is 2.61. The van der Waals surface area contributed by atoms with Crippen LogP contribution in [-0.2, 0) is 0 Å². The zero-order chi connectivity index (χ0) is 12.6. The molecule has 0 fully saturated rings. The van der Waals surface area contributed by atoms with E-state index >= 15 is 0 Å². The Hall–Kier alpha value is -1.20. The molecule has 7 heteroatoms. The van der Waals surface area contributed by atoms with Gasteiger partial charge in [-0.15, -0.1) is 0 Å². The molecular weight excluding hydrogens is 276 g/mol. The normalized spacial score (nSPS) is 11.2. The van der Waals surface area contributed by atoms with Crippen molar-refractivity contribution in [3.8, 4) is 5.69 Å². The van der Waals surface area contributed by atoms with E-state index in [9.17, 15) is 13.2 Å². The Balaban J connectivity index is 2.61. The summed E-state index contributed by atoms with van der Waals surface area (Å²) >= 11 is 11.5. The van der Waals surface area contributed by atoms with Gasteiger partial charge in [0, 0.05) is 6.07 Å². The van der Waals surface area contributed by atoms with Gasteiger partial charge in [-0.05, 0) is 12.1 Å². The SMILES string of the molecule is Fc1cccc(Cl)c1-n1nc(C(F)F)cc1Cl.